The molecule has 0 fully saturated rings. The van der Waals surface area contributed by atoms with E-state index in [4.69, 9.17) is 0 Å². The summed E-state index contributed by atoms with van der Waals surface area (Å²) in [4.78, 5) is 11.5. The first-order chi connectivity index (χ1) is 10.2. The maximum Gasteiger partial charge on any atom is 0.446 e. The van der Waals surface area contributed by atoms with Crippen molar-refractivity contribution in [1.82, 2.24) is 5.32 Å². The second-order valence-corrected chi connectivity index (χ2v) is 6.23. The largest absolute Gasteiger partial charge is 0.481 e. The van der Waals surface area contributed by atoms with Crippen LogP contribution in [0.1, 0.15) is 32.3 Å². The molecule has 3 nitrogen and oxygen atoms in total. The molecule has 0 radical (unpaired) electrons. The first-order valence-corrected chi connectivity index (χ1v) is 7.83. The first-order valence-electron chi connectivity index (χ1n) is 7.01. The summed E-state index contributed by atoms with van der Waals surface area (Å²) in [6.45, 7) is 4.42. The smallest absolute Gasteiger partial charge is 0.446 e. The lowest BCUT2D eigenvalue weighted by Crippen LogP contribution is -2.39. The number of aliphatic carboxylic acids is 1. The summed E-state index contributed by atoms with van der Waals surface area (Å²) in [6, 6.07) is 6.06. The molecule has 1 rings (SSSR count). The van der Waals surface area contributed by atoms with E-state index in [1.807, 2.05) is 13.8 Å². The lowest BCUT2D eigenvalue weighted by atomic mass is 9.82. The van der Waals surface area contributed by atoms with Gasteiger partial charge in [-0.3, -0.25) is 4.79 Å². The summed E-state index contributed by atoms with van der Waals surface area (Å²) in [5.74, 6) is -0.832. The monoisotopic (exact) mass is 335 g/mol. The van der Waals surface area contributed by atoms with E-state index in [-0.39, 0.29) is 16.7 Å². The summed E-state index contributed by atoms with van der Waals surface area (Å²) in [5, 5.41) is 12.4. The van der Waals surface area contributed by atoms with Crippen molar-refractivity contribution in [3.63, 3.8) is 0 Å². The van der Waals surface area contributed by atoms with Crippen molar-refractivity contribution in [1.29, 1.82) is 0 Å². The van der Waals surface area contributed by atoms with E-state index in [1.165, 1.54) is 12.1 Å². The molecule has 0 atom stereocenters. The van der Waals surface area contributed by atoms with Crippen molar-refractivity contribution in [2.45, 2.75) is 43.6 Å². The van der Waals surface area contributed by atoms with Gasteiger partial charge < -0.3 is 10.4 Å². The number of hydrogen-bond acceptors (Lipinski definition) is 3. The molecular weight excluding hydrogens is 315 g/mol. The summed E-state index contributed by atoms with van der Waals surface area (Å²) in [7, 11) is 0. The number of carboxylic acid groups (broad SMARTS) is 1. The number of alkyl halides is 3. The highest BCUT2D eigenvalue weighted by molar-refractivity contribution is 8.00. The van der Waals surface area contributed by atoms with Gasteiger partial charge in [-0.2, -0.15) is 13.2 Å². The van der Waals surface area contributed by atoms with Crippen LogP contribution >= 0.6 is 11.8 Å². The Labute approximate surface area is 132 Å². The Morgan fingerprint density at radius 3 is 2.14 bits per heavy atom. The van der Waals surface area contributed by atoms with Crippen molar-refractivity contribution in [2.24, 2.45) is 5.41 Å². The minimum atomic E-state index is -4.29. The number of benzene rings is 1. The lowest BCUT2D eigenvalue weighted by molar-refractivity contribution is -0.149. The van der Waals surface area contributed by atoms with Crippen molar-refractivity contribution >= 4 is 17.7 Å². The maximum atomic E-state index is 12.2. The van der Waals surface area contributed by atoms with Crippen LogP contribution in [0, 0.1) is 5.41 Å². The van der Waals surface area contributed by atoms with Crippen LogP contribution in [0.25, 0.3) is 0 Å². The normalized spacial score (nSPS) is 12.4. The van der Waals surface area contributed by atoms with Crippen LogP contribution in [0.5, 0.6) is 0 Å². The van der Waals surface area contributed by atoms with E-state index in [0.717, 1.165) is 5.56 Å². The molecule has 0 aliphatic heterocycles. The van der Waals surface area contributed by atoms with Gasteiger partial charge in [0.2, 0.25) is 0 Å². The minimum absolute atomic E-state index is 0.137. The Bertz CT molecular complexity index is 485. The third-order valence-electron chi connectivity index (χ3n) is 3.76. The van der Waals surface area contributed by atoms with Crippen molar-refractivity contribution < 1.29 is 23.1 Å². The predicted octanol–water partition coefficient (Wildman–Crippen LogP) is 4.28. The van der Waals surface area contributed by atoms with E-state index < -0.39 is 16.9 Å². The summed E-state index contributed by atoms with van der Waals surface area (Å²) < 4.78 is 36.7. The number of hydrogen-bond donors (Lipinski definition) is 2. The number of rotatable bonds is 8. The Hall–Kier alpha value is -1.21. The van der Waals surface area contributed by atoms with Gasteiger partial charge in [0.25, 0.3) is 0 Å². The Morgan fingerprint density at radius 2 is 1.73 bits per heavy atom. The van der Waals surface area contributed by atoms with Crippen molar-refractivity contribution in [3.05, 3.63) is 29.8 Å². The van der Waals surface area contributed by atoms with Gasteiger partial charge in [0.15, 0.2) is 0 Å². The fourth-order valence-corrected chi connectivity index (χ4v) is 2.67. The minimum Gasteiger partial charge on any atom is -0.481 e. The molecule has 124 valence electrons. The number of thioether (sulfide) groups is 1. The zero-order valence-electron chi connectivity index (χ0n) is 12.5. The third kappa shape index (κ3) is 5.53. The zero-order valence-corrected chi connectivity index (χ0v) is 13.4. The third-order valence-corrected chi connectivity index (χ3v) is 4.50. The fourth-order valence-electron chi connectivity index (χ4n) is 2.13. The molecule has 0 saturated heterocycles. The molecule has 1 aromatic rings. The summed E-state index contributed by atoms with van der Waals surface area (Å²) >= 11 is -0.149. The zero-order chi connectivity index (χ0) is 16.8. The molecule has 0 saturated carbocycles. The second kappa shape index (κ2) is 7.87. The molecule has 1 aromatic carbocycles. The average molecular weight is 335 g/mol. The van der Waals surface area contributed by atoms with E-state index in [1.54, 1.807) is 12.1 Å². The molecule has 0 heterocycles. The number of carbonyl (C=O) groups is 1. The van der Waals surface area contributed by atoms with Crippen LogP contribution < -0.4 is 5.32 Å². The van der Waals surface area contributed by atoms with Gasteiger partial charge in [-0.25, -0.2) is 0 Å². The number of halogens is 3. The Morgan fingerprint density at radius 1 is 1.18 bits per heavy atom. The van der Waals surface area contributed by atoms with Crippen LogP contribution in [-0.4, -0.2) is 23.1 Å². The summed E-state index contributed by atoms with van der Waals surface area (Å²) in [6.07, 6.45) is 1.04. The van der Waals surface area contributed by atoms with Crippen LogP contribution in [0.3, 0.4) is 0 Å². The summed E-state index contributed by atoms with van der Waals surface area (Å²) in [5.41, 5.74) is -4.27. The predicted molar refractivity (Wildman–Crippen MR) is 80.7 cm³/mol. The van der Waals surface area contributed by atoms with Gasteiger partial charge in [-0.1, -0.05) is 26.0 Å². The van der Waals surface area contributed by atoms with E-state index in [9.17, 15) is 23.1 Å². The molecule has 0 unspecified atom stereocenters. The molecular formula is C15H20F3NO2S. The maximum absolute atomic E-state index is 12.2. The second-order valence-electron chi connectivity index (χ2n) is 5.09. The Kier molecular flexibility index (Phi) is 6.74. The van der Waals surface area contributed by atoms with Gasteiger partial charge in [-0.15, -0.1) is 0 Å². The number of nitrogens with one attached hydrogen (secondary N) is 1. The van der Waals surface area contributed by atoms with E-state index in [0.29, 0.717) is 25.9 Å². The molecule has 0 aromatic heterocycles. The van der Waals surface area contributed by atoms with Gasteiger partial charge in [0, 0.05) is 18.0 Å². The van der Waals surface area contributed by atoms with E-state index in [2.05, 4.69) is 5.32 Å². The number of carboxylic acids is 1. The van der Waals surface area contributed by atoms with Gasteiger partial charge in [0.05, 0.1) is 5.41 Å². The van der Waals surface area contributed by atoms with Crippen LogP contribution in [-0.2, 0) is 11.3 Å². The molecule has 2 N–H and O–H groups in total. The Balaban J connectivity index is 2.57. The molecule has 0 bridgehead atoms. The van der Waals surface area contributed by atoms with Crippen molar-refractivity contribution in [3.8, 4) is 0 Å². The van der Waals surface area contributed by atoms with Gasteiger partial charge in [0.1, 0.15) is 0 Å². The molecule has 22 heavy (non-hydrogen) atoms. The lowest BCUT2D eigenvalue weighted by Gasteiger charge is -2.27. The quantitative estimate of drug-likeness (QED) is 0.696. The van der Waals surface area contributed by atoms with Crippen LogP contribution in [0.4, 0.5) is 13.2 Å². The molecule has 7 heteroatoms. The highest BCUT2D eigenvalue weighted by Gasteiger charge is 2.34. The SMILES string of the molecule is CCC(CC)(CNCc1ccc(SC(F)(F)F)cc1)C(=O)O. The first kappa shape index (κ1) is 18.8. The average Bonchev–Trinajstić information content (AvgIpc) is 2.44. The molecule has 0 spiro atoms. The van der Waals surface area contributed by atoms with Gasteiger partial charge >= 0.3 is 11.5 Å². The molecule has 0 amide bonds. The highest BCUT2D eigenvalue weighted by atomic mass is 32.2. The van der Waals surface area contributed by atoms with Crippen LogP contribution in [0.2, 0.25) is 0 Å². The van der Waals surface area contributed by atoms with E-state index >= 15 is 0 Å². The van der Waals surface area contributed by atoms with Crippen LogP contribution in [0.15, 0.2) is 29.2 Å². The fraction of sp³-hybridized carbons (Fsp3) is 0.533. The highest BCUT2D eigenvalue weighted by Crippen LogP contribution is 2.36. The molecule has 0 aliphatic rings. The standard InChI is InChI=1S/C15H20F3NO2S/c1-3-14(4-2,13(20)21)10-19-9-11-5-7-12(8-6-11)22-15(16,17)18/h5-8,19H,3-4,9-10H2,1-2H3,(H,20,21). The van der Waals surface area contributed by atoms with Gasteiger partial charge in [-0.05, 0) is 42.3 Å². The van der Waals surface area contributed by atoms with Crippen molar-refractivity contribution in [2.75, 3.05) is 6.54 Å². The topological polar surface area (TPSA) is 49.3 Å². The molecule has 0 aliphatic carbocycles.